The van der Waals surface area contributed by atoms with Crippen LogP contribution < -0.4 is 4.74 Å². The monoisotopic (exact) mass is 367 g/mol. The van der Waals surface area contributed by atoms with E-state index in [2.05, 4.69) is 0 Å². The molecule has 142 valence electrons. The molecule has 0 spiro atoms. The lowest BCUT2D eigenvalue weighted by atomic mass is 9.90. The number of ketones is 1. The molecule has 0 saturated carbocycles. The van der Waals surface area contributed by atoms with Crippen LogP contribution >= 0.6 is 0 Å². The van der Waals surface area contributed by atoms with E-state index in [4.69, 9.17) is 9.47 Å². The van der Waals surface area contributed by atoms with Crippen LogP contribution in [-0.4, -0.2) is 43.4 Å². The lowest BCUT2D eigenvalue weighted by molar-refractivity contribution is -0.133. The maximum absolute atomic E-state index is 12.8. The molecule has 2 aromatic rings. The van der Waals surface area contributed by atoms with Gasteiger partial charge in [0.2, 0.25) is 5.91 Å². The van der Waals surface area contributed by atoms with Gasteiger partial charge in [0, 0.05) is 31.7 Å². The molecule has 1 atom stereocenters. The first-order valence-corrected chi connectivity index (χ1v) is 9.31. The van der Waals surface area contributed by atoms with Crippen LogP contribution in [0.1, 0.15) is 29.6 Å². The molecule has 0 aromatic heterocycles. The van der Waals surface area contributed by atoms with Crippen molar-refractivity contribution in [3.63, 3.8) is 0 Å². The molecule has 3 rings (SSSR count). The summed E-state index contributed by atoms with van der Waals surface area (Å²) in [4.78, 5) is 26.8. The SMILES string of the molecule is COCCC(=O)N1CCC[C@@H](C(=O)c2ccc(Oc3ccccc3)cc2)C1. The number of carbonyl (C=O) groups excluding carboxylic acids is 2. The van der Waals surface area contributed by atoms with Crippen LogP contribution in [0.5, 0.6) is 11.5 Å². The Morgan fingerprint density at radius 3 is 2.44 bits per heavy atom. The molecule has 27 heavy (non-hydrogen) atoms. The van der Waals surface area contributed by atoms with Gasteiger partial charge in [-0.2, -0.15) is 0 Å². The van der Waals surface area contributed by atoms with Gasteiger partial charge in [0.05, 0.1) is 13.0 Å². The number of piperidine rings is 1. The number of hydrogen-bond donors (Lipinski definition) is 0. The third-order valence-corrected chi connectivity index (χ3v) is 4.78. The van der Waals surface area contributed by atoms with Gasteiger partial charge >= 0.3 is 0 Å². The molecule has 1 heterocycles. The summed E-state index contributed by atoms with van der Waals surface area (Å²) in [5.41, 5.74) is 0.659. The molecule has 0 bridgehead atoms. The standard InChI is InChI=1S/C22H25NO4/c1-26-15-13-21(24)23-14-5-6-18(16-23)22(25)17-9-11-20(12-10-17)27-19-7-3-2-4-8-19/h2-4,7-12,18H,5-6,13-16H2,1H3/t18-/m1/s1. The van der Waals surface area contributed by atoms with Crippen LogP contribution in [0.25, 0.3) is 0 Å². The van der Waals surface area contributed by atoms with E-state index in [0.29, 0.717) is 30.9 Å². The second-order valence-corrected chi connectivity index (χ2v) is 6.73. The highest BCUT2D eigenvalue weighted by molar-refractivity contribution is 5.98. The average molecular weight is 367 g/mol. The Hall–Kier alpha value is -2.66. The molecular weight excluding hydrogens is 342 g/mol. The summed E-state index contributed by atoms with van der Waals surface area (Å²) in [6.45, 7) is 1.62. The highest BCUT2D eigenvalue weighted by Crippen LogP contribution is 2.25. The van der Waals surface area contributed by atoms with Gasteiger partial charge in [-0.15, -0.1) is 0 Å². The van der Waals surface area contributed by atoms with Crippen molar-refractivity contribution in [3.05, 3.63) is 60.2 Å². The lowest BCUT2D eigenvalue weighted by Gasteiger charge is -2.32. The predicted octanol–water partition coefficient (Wildman–Crippen LogP) is 3.94. The second kappa shape index (κ2) is 9.33. The van der Waals surface area contributed by atoms with E-state index >= 15 is 0 Å². The Bertz CT molecular complexity index is 758. The summed E-state index contributed by atoms with van der Waals surface area (Å²) in [7, 11) is 1.58. The number of amides is 1. The fourth-order valence-corrected chi connectivity index (χ4v) is 3.31. The number of nitrogens with zero attached hydrogens (tertiary/aromatic N) is 1. The van der Waals surface area contributed by atoms with Gasteiger partial charge in [-0.25, -0.2) is 0 Å². The molecule has 1 aliphatic rings. The topological polar surface area (TPSA) is 55.8 Å². The summed E-state index contributed by atoms with van der Waals surface area (Å²) in [6.07, 6.45) is 2.03. The lowest BCUT2D eigenvalue weighted by Crippen LogP contribution is -2.42. The predicted molar refractivity (Wildman–Crippen MR) is 103 cm³/mol. The fourth-order valence-electron chi connectivity index (χ4n) is 3.31. The molecule has 0 aliphatic carbocycles. The molecule has 0 unspecified atom stereocenters. The zero-order chi connectivity index (χ0) is 19.1. The Labute approximate surface area is 159 Å². The number of likely N-dealkylation sites (tertiary alicyclic amines) is 1. The Balaban J connectivity index is 1.60. The van der Waals surface area contributed by atoms with Crippen molar-refractivity contribution >= 4 is 11.7 Å². The zero-order valence-corrected chi connectivity index (χ0v) is 15.6. The van der Waals surface area contributed by atoms with E-state index in [9.17, 15) is 9.59 Å². The van der Waals surface area contributed by atoms with Gasteiger partial charge in [0.25, 0.3) is 0 Å². The molecule has 5 heteroatoms. The maximum Gasteiger partial charge on any atom is 0.224 e. The van der Waals surface area contributed by atoms with Crippen molar-refractivity contribution in [2.24, 2.45) is 5.92 Å². The first kappa shape index (κ1) is 19.1. The Morgan fingerprint density at radius 1 is 1.04 bits per heavy atom. The maximum atomic E-state index is 12.8. The zero-order valence-electron chi connectivity index (χ0n) is 15.6. The van der Waals surface area contributed by atoms with Crippen LogP contribution in [0.2, 0.25) is 0 Å². The van der Waals surface area contributed by atoms with Crippen molar-refractivity contribution in [2.75, 3.05) is 26.8 Å². The van der Waals surface area contributed by atoms with Crippen molar-refractivity contribution in [1.29, 1.82) is 0 Å². The molecule has 0 radical (unpaired) electrons. The first-order valence-electron chi connectivity index (χ1n) is 9.31. The molecule has 1 saturated heterocycles. The second-order valence-electron chi connectivity index (χ2n) is 6.73. The number of carbonyl (C=O) groups is 2. The quantitative estimate of drug-likeness (QED) is 0.696. The summed E-state index contributed by atoms with van der Waals surface area (Å²) < 4.78 is 10.7. The number of rotatable bonds is 7. The highest BCUT2D eigenvalue weighted by atomic mass is 16.5. The van der Waals surface area contributed by atoms with E-state index in [0.717, 1.165) is 25.1 Å². The van der Waals surface area contributed by atoms with E-state index in [1.54, 1.807) is 24.1 Å². The molecule has 1 fully saturated rings. The Morgan fingerprint density at radius 2 is 1.74 bits per heavy atom. The average Bonchev–Trinajstić information content (AvgIpc) is 2.73. The van der Waals surface area contributed by atoms with Gasteiger partial charge in [-0.05, 0) is 49.2 Å². The molecule has 0 N–H and O–H groups in total. The number of Topliss-reactive ketones (excluding diaryl/α,β-unsaturated/α-hetero) is 1. The van der Waals surface area contributed by atoms with Crippen LogP contribution in [0.4, 0.5) is 0 Å². The number of benzene rings is 2. The highest BCUT2D eigenvalue weighted by Gasteiger charge is 2.28. The molecule has 2 aromatic carbocycles. The van der Waals surface area contributed by atoms with Crippen LogP contribution in [0.15, 0.2) is 54.6 Å². The minimum atomic E-state index is -0.147. The van der Waals surface area contributed by atoms with Crippen molar-refractivity contribution < 1.29 is 19.1 Å². The summed E-state index contributed by atoms with van der Waals surface area (Å²) in [6, 6.07) is 16.7. The first-order chi connectivity index (χ1) is 13.2. The minimum Gasteiger partial charge on any atom is -0.457 e. The van der Waals surface area contributed by atoms with Gasteiger partial charge in [-0.3, -0.25) is 9.59 Å². The van der Waals surface area contributed by atoms with Gasteiger partial charge in [-0.1, -0.05) is 18.2 Å². The molecule has 1 aliphatic heterocycles. The fraction of sp³-hybridized carbons (Fsp3) is 0.364. The number of hydrogen-bond acceptors (Lipinski definition) is 4. The van der Waals surface area contributed by atoms with Crippen molar-refractivity contribution in [3.8, 4) is 11.5 Å². The van der Waals surface area contributed by atoms with E-state index < -0.39 is 0 Å². The van der Waals surface area contributed by atoms with Crippen LogP contribution in [0, 0.1) is 5.92 Å². The molecular formula is C22H25NO4. The number of methoxy groups -OCH3 is 1. The van der Waals surface area contributed by atoms with Crippen molar-refractivity contribution in [2.45, 2.75) is 19.3 Å². The van der Waals surface area contributed by atoms with E-state index in [1.807, 2.05) is 42.5 Å². The summed E-state index contributed by atoms with van der Waals surface area (Å²) in [5.74, 6) is 1.45. The summed E-state index contributed by atoms with van der Waals surface area (Å²) >= 11 is 0. The summed E-state index contributed by atoms with van der Waals surface area (Å²) in [5, 5.41) is 0. The van der Waals surface area contributed by atoms with Crippen molar-refractivity contribution in [1.82, 2.24) is 4.90 Å². The normalized spacial score (nSPS) is 16.8. The smallest absolute Gasteiger partial charge is 0.224 e. The van der Waals surface area contributed by atoms with E-state index in [1.165, 1.54) is 0 Å². The third kappa shape index (κ3) is 5.17. The van der Waals surface area contributed by atoms with E-state index in [-0.39, 0.29) is 17.6 Å². The van der Waals surface area contributed by atoms with Gasteiger partial charge < -0.3 is 14.4 Å². The van der Waals surface area contributed by atoms with Gasteiger partial charge in [0.1, 0.15) is 11.5 Å². The number of para-hydroxylation sites is 1. The largest absolute Gasteiger partial charge is 0.457 e. The third-order valence-electron chi connectivity index (χ3n) is 4.78. The van der Waals surface area contributed by atoms with Crippen LogP contribution in [-0.2, 0) is 9.53 Å². The minimum absolute atomic E-state index is 0.0564. The van der Waals surface area contributed by atoms with Crippen LogP contribution in [0.3, 0.4) is 0 Å². The molecule has 5 nitrogen and oxygen atoms in total. The number of ether oxygens (including phenoxy) is 2. The van der Waals surface area contributed by atoms with Gasteiger partial charge in [0.15, 0.2) is 5.78 Å². The molecule has 1 amide bonds. The Kier molecular flexibility index (Phi) is 6.60.